The molecule has 18 heavy (non-hydrogen) atoms. The number of halogens is 2. The molecule has 0 fully saturated rings. The van der Waals surface area contributed by atoms with Crippen molar-refractivity contribution >= 4 is 43.5 Å². The van der Waals surface area contributed by atoms with E-state index in [1.165, 1.54) is 0 Å². The van der Waals surface area contributed by atoms with E-state index in [1.54, 1.807) is 11.9 Å². The monoisotopic (exact) mass is 367 g/mol. The lowest BCUT2D eigenvalue weighted by Crippen LogP contribution is -2.26. The van der Waals surface area contributed by atoms with Crippen LogP contribution >= 0.6 is 31.9 Å². The van der Waals surface area contributed by atoms with Gasteiger partial charge in [-0.25, -0.2) is 0 Å². The van der Waals surface area contributed by atoms with E-state index in [0.717, 1.165) is 14.6 Å². The van der Waals surface area contributed by atoms with E-state index < -0.39 is 0 Å². The highest BCUT2D eigenvalue weighted by atomic mass is 79.9. The summed E-state index contributed by atoms with van der Waals surface area (Å²) >= 11 is 6.77. The van der Waals surface area contributed by atoms with Gasteiger partial charge < -0.3 is 4.90 Å². The van der Waals surface area contributed by atoms with E-state index in [0.29, 0.717) is 5.56 Å². The number of hydrogen-bond donors (Lipinski definition) is 0. The lowest BCUT2D eigenvalue weighted by Gasteiger charge is -2.17. The number of nitrogens with zero attached hydrogens (tertiary/aromatic N) is 1. The molecule has 1 amide bonds. The zero-order valence-corrected chi connectivity index (χ0v) is 12.9. The SMILES string of the molecule is CN(C(=O)c1cc(Br)cc(Br)c1)c1ccccc1. The van der Waals surface area contributed by atoms with Crippen molar-refractivity contribution in [2.24, 2.45) is 0 Å². The maximum absolute atomic E-state index is 12.3. The van der Waals surface area contributed by atoms with Crippen molar-refractivity contribution in [1.29, 1.82) is 0 Å². The molecule has 0 spiro atoms. The highest BCUT2D eigenvalue weighted by Crippen LogP contribution is 2.22. The fourth-order valence-electron chi connectivity index (χ4n) is 1.64. The third-order valence-electron chi connectivity index (χ3n) is 2.56. The van der Waals surface area contributed by atoms with Gasteiger partial charge in [0.05, 0.1) is 0 Å². The Morgan fingerprint density at radius 1 is 1.00 bits per heavy atom. The Hall–Kier alpha value is -1.13. The van der Waals surface area contributed by atoms with Crippen LogP contribution in [0.4, 0.5) is 5.69 Å². The van der Waals surface area contributed by atoms with Crippen molar-refractivity contribution < 1.29 is 4.79 Å². The summed E-state index contributed by atoms with van der Waals surface area (Å²) in [5, 5.41) is 0. The predicted octanol–water partition coefficient (Wildman–Crippen LogP) is 4.49. The normalized spacial score (nSPS) is 10.2. The molecule has 0 N–H and O–H groups in total. The lowest BCUT2D eigenvalue weighted by molar-refractivity contribution is 0.0993. The van der Waals surface area contributed by atoms with E-state index in [-0.39, 0.29) is 5.91 Å². The van der Waals surface area contributed by atoms with Crippen LogP contribution in [0.3, 0.4) is 0 Å². The lowest BCUT2D eigenvalue weighted by atomic mass is 10.2. The van der Waals surface area contributed by atoms with Crippen LogP contribution < -0.4 is 4.90 Å². The molecule has 0 aliphatic heterocycles. The van der Waals surface area contributed by atoms with Crippen LogP contribution in [0.2, 0.25) is 0 Å². The second-order valence-electron chi connectivity index (χ2n) is 3.86. The Morgan fingerprint density at radius 3 is 2.11 bits per heavy atom. The molecule has 0 radical (unpaired) electrons. The smallest absolute Gasteiger partial charge is 0.258 e. The molecule has 0 atom stereocenters. The van der Waals surface area contributed by atoms with Gasteiger partial charge in [0.1, 0.15) is 0 Å². The average molecular weight is 369 g/mol. The molecule has 2 nitrogen and oxygen atoms in total. The van der Waals surface area contributed by atoms with Gasteiger partial charge in [-0.15, -0.1) is 0 Å². The van der Waals surface area contributed by atoms with Gasteiger partial charge in [0, 0.05) is 27.2 Å². The highest BCUT2D eigenvalue weighted by Gasteiger charge is 2.14. The van der Waals surface area contributed by atoms with Crippen molar-refractivity contribution in [3.05, 3.63) is 63.0 Å². The molecule has 2 rings (SSSR count). The third-order valence-corrected chi connectivity index (χ3v) is 3.47. The summed E-state index contributed by atoms with van der Waals surface area (Å²) in [6, 6.07) is 15.1. The zero-order valence-electron chi connectivity index (χ0n) is 9.73. The first-order valence-corrected chi connectivity index (χ1v) is 6.96. The van der Waals surface area contributed by atoms with Crippen LogP contribution in [0.1, 0.15) is 10.4 Å². The highest BCUT2D eigenvalue weighted by molar-refractivity contribution is 9.11. The summed E-state index contributed by atoms with van der Waals surface area (Å²) in [5.74, 6) is -0.0387. The maximum atomic E-state index is 12.3. The van der Waals surface area contributed by atoms with E-state index >= 15 is 0 Å². The van der Waals surface area contributed by atoms with Crippen LogP contribution in [-0.2, 0) is 0 Å². The molecule has 2 aromatic rings. The summed E-state index contributed by atoms with van der Waals surface area (Å²) in [6.07, 6.45) is 0. The summed E-state index contributed by atoms with van der Waals surface area (Å²) in [7, 11) is 1.77. The molecular weight excluding hydrogens is 358 g/mol. The second kappa shape index (κ2) is 5.67. The number of carbonyl (C=O) groups excluding carboxylic acids is 1. The van der Waals surface area contributed by atoms with Gasteiger partial charge in [0.2, 0.25) is 0 Å². The van der Waals surface area contributed by atoms with Gasteiger partial charge >= 0.3 is 0 Å². The molecule has 0 aromatic heterocycles. The van der Waals surface area contributed by atoms with Crippen LogP contribution in [0, 0.1) is 0 Å². The van der Waals surface area contributed by atoms with E-state index in [4.69, 9.17) is 0 Å². The van der Waals surface area contributed by atoms with Crippen LogP contribution in [0.25, 0.3) is 0 Å². The number of hydrogen-bond acceptors (Lipinski definition) is 1. The first-order chi connectivity index (χ1) is 8.58. The number of anilines is 1. The molecule has 92 valence electrons. The van der Waals surface area contributed by atoms with Crippen molar-refractivity contribution in [3.8, 4) is 0 Å². The minimum atomic E-state index is -0.0387. The third kappa shape index (κ3) is 3.00. The van der Waals surface area contributed by atoms with Gasteiger partial charge in [-0.05, 0) is 30.3 Å². The molecule has 0 bridgehead atoms. The van der Waals surface area contributed by atoms with Crippen LogP contribution in [0.15, 0.2) is 57.5 Å². The predicted molar refractivity (Wildman–Crippen MR) is 81.0 cm³/mol. The Bertz CT molecular complexity index is 549. The van der Waals surface area contributed by atoms with Crippen molar-refractivity contribution in [2.75, 3.05) is 11.9 Å². The molecule has 0 unspecified atom stereocenters. The number of amides is 1. The molecule has 0 aliphatic rings. The molecule has 0 saturated carbocycles. The molecule has 4 heteroatoms. The van der Waals surface area contributed by atoms with Gasteiger partial charge in [-0.3, -0.25) is 4.79 Å². The maximum Gasteiger partial charge on any atom is 0.258 e. The van der Waals surface area contributed by atoms with E-state index in [2.05, 4.69) is 31.9 Å². The average Bonchev–Trinajstić information content (AvgIpc) is 2.37. The zero-order chi connectivity index (χ0) is 13.1. The number of carbonyl (C=O) groups is 1. The molecule has 2 aromatic carbocycles. The molecule has 0 heterocycles. The Labute approximate surface area is 123 Å². The second-order valence-corrected chi connectivity index (χ2v) is 5.69. The molecular formula is C14H11Br2NO. The number of rotatable bonds is 2. The fraction of sp³-hybridized carbons (Fsp3) is 0.0714. The fourth-order valence-corrected chi connectivity index (χ4v) is 2.93. The Kier molecular flexibility index (Phi) is 4.19. The van der Waals surface area contributed by atoms with E-state index in [1.807, 2.05) is 48.5 Å². The first-order valence-electron chi connectivity index (χ1n) is 5.37. The summed E-state index contributed by atoms with van der Waals surface area (Å²) < 4.78 is 1.75. The quantitative estimate of drug-likeness (QED) is 0.764. The number of para-hydroxylation sites is 1. The van der Waals surface area contributed by atoms with Gasteiger partial charge in [0.15, 0.2) is 0 Å². The molecule has 0 aliphatic carbocycles. The van der Waals surface area contributed by atoms with Gasteiger partial charge in [-0.2, -0.15) is 0 Å². The van der Waals surface area contributed by atoms with Crippen molar-refractivity contribution in [3.63, 3.8) is 0 Å². The summed E-state index contributed by atoms with van der Waals surface area (Å²) in [5.41, 5.74) is 1.52. The Morgan fingerprint density at radius 2 is 1.56 bits per heavy atom. The number of benzene rings is 2. The first kappa shape index (κ1) is 13.3. The summed E-state index contributed by atoms with van der Waals surface area (Å²) in [6.45, 7) is 0. The van der Waals surface area contributed by atoms with Gasteiger partial charge in [0.25, 0.3) is 5.91 Å². The van der Waals surface area contributed by atoms with Crippen molar-refractivity contribution in [1.82, 2.24) is 0 Å². The standard InChI is InChI=1S/C14H11Br2NO/c1-17(13-5-3-2-4-6-13)14(18)10-7-11(15)9-12(16)8-10/h2-9H,1H3. The Balaban J connectivity index is 2.31. The van der Waals surface area contributed by atoms with Crippen LogP contribution in [0.5, 0.6) is 0 Å². The van der Waals surface area contributed by atoms with E-state index in [9.17, 15) is 4.79 Å². The van der Waals surface area contributed by atoms with Crippen LogP contribution in [-0.4, -0.2) is 13.0 Å². The van der Waals surface area contributed by atoms with Crippen molar-refractivity contribution in [2.45, 2.75) is 0 Å². The molecule has 0 saturated heterocycles. The van der Waals surface area contributed by atoms with Gasteiger partial charge in [-0.1, -0.05) is 50.1 Å². The minimum Gasteiger partial charge on any atom is -0.311 e. The largest absolute Gasteiger partial charge is 0.311 e. The summed E-state index contributed by atoms with van der Waals surface area (Å²) in [4.78, 5) is 14.0. The minimum absolute atomic E-state index is 0.0387. The topological polar surface area (TPSA) is 20.3 Å².